The summed E-state index contributed by atoms with van der Waals surface area (Å²) in [6, 6.07) is 3.65. The van der Waals surface area contributed by atoms with E-state index in [-0.39, 0.29) is 11.9 Å². The molecule has 0 unspecified atom stereocenters. The Morgan fingerprint density at radius 1 is 1.50 bits per heavy atom. The average Bonchev–Trinajstić information content (AvgIpc) is 2.30. The maximum absolute atomic E-state index is 11.9. The van der Waals surface area contributed by atoms with Crippen LogP contribution in [0.2, 0.25) is 0 Å². The zero-order valence-electron chi connectivity index (χ0n) is 8.78. The molecular weight excluding hydrogens is 272 g/mol. The van der Waals surface area contributed by atoms with Crippen molar-refractivity contribution in [3.8, 4) is 0 Å². The molecule has 1 aliphatic heterocycles. The Labute approximate surface area is 103 Å². The third-order valence-corrected chi connectivity index (χ3v) is 2.98. The van der Waals surface area contributed by atoms with E-state index in [0.717, 1.165) is 26.1 Å². The predicted molar refractivity (Wildman–Crippen MR) is 63.2 cm³/mol. The highest BCUT2D eigenvalue weighted by atomic mass is 79.9. The SMILES string of the molecule is O=C(NC1CCOCC1)c1ccnc(Br)c1. The minimum atomic E-state index is -0.0463. The molecule has 1 saturated heterocycles. The third-order valence-electron chi connectivity index (χ3n) is 2.55. The van der Waals surface area contributed by atoms with Gasteiger partial charge in [0.25, 0.3) is 5.91 Å². The standard InChI is InChI=1S/C11H13BrN2O2/c12-10-7-8(1-4-13-10)11(15)14-9-2-5-16-6-3-9/h1,4,7,9H,2-3,5-6H2,(H,14,15). The molecular formula is C11H13BrN2O2. The second-order valence-corrected chi connectivity index (χ2v) is 4.54. The van der Waals surface area contributed by atoms with Crippen LogP contribution in [0.1, 0.15) is 23.2 Å². The van der Waals surface area contributed by atoms with E-state index in [2.05, 4.69) is 26.2 Å². The van der Waals surface area contributed by atoms with Crippen LogP contribution in [0.3, 0.4) is 0 Å². The highest BCUT2D eigenvalue weighted by molar-refractivity contribution is 9.10. The maximum atomic E-state index is 11.9. The van der Waals surface area contributed by atoms with Gasteiger partial charge in [0.15, 0.2) is 0 Å². The molecule has 2 heterocycles. The van der Waals surface area contributed by atoms with Crippen molar-refractivity contribution in [1.82, 2.24) is 10.3 Å². The minimum Gasteiger partial charge on any atom is -0.381 e. The van der Waals surface area contributed by atoms with Crippen molar-refractivity contribution in [2.45, 2.75) is 18.9 Å². The quantitative estimate of drug-likeness (QED) is 0.842. The number of rotatable bonds is 2. The highest BCUT2D eigenvalue weighted by Gasteiger charge is 2.16. The van der Waals surface area contributed by atoms with Gasteiger partial charge in [-0.15, -0.1) is 0 Å². The molecule has 86 valence electrons. The Morgan fingerprint density at radius 3 is 2.94 bits per heavy atom. The van der Waals surface area contributed by atoms with Crippen molar-refractivity contribution in [1.29, 1.82) is 0 Å². The average molecular weight is 285 g/mol. The van der Waals surface area contributed by atoms with Crippen molar-refractivity contribution < 1.29 is 9.53 Å². The lowest BCUT2D eigenvalue weighted by Gasteiger charge is -2.23. The highest BCUT2D eigenvalue weighted by Crippen LogP contribution is 2.10. The fourth-order valence-corrected chi connectivity index (χ4v) is 2.02. The summed E-state index contributed by atoms with van der Waals surface area (Å²) in [5.41, 5.74) is 0.633. The number of nitrogens with zero attached hydrogens (tertiary/aromatic N) is 1. The van der Waals surface area contributed by atoms with Gasteiger partial charge in [-0.2, -0.15) is 0 Å². The first-order valence-electron chi connectivity index (χ1n) is 5.26. The largest absolute Gasteiger partial charge is 0.381 e. The molecule has 0 atom stereocenters. The van der Waals surface area contributed by atoms with Gasteiger partial charge in [0, 0.05) is 31.0 Å². The van der Waals surface area contributed by atoms with Crippen molar-refractivity contribution >= 4 is 21.8 Å². The summed E-state index contributed by atoms with van der Waals surface area (Å²) in [4.78, 5) is 15.9. The summed E-state index contributed by atoms with van der Waals surface area (Å²) in [5.74, 6) is -0.0463. The van der Waals surface area contributed by atoms with Crippen LogP contribution in [0.25, 0.3) is 0 Å². The number of halogens is 1. The van der Waals surface area contributed by atoms with Crippen LogP contribution < -0.4 is 5.32 Å². The summed E-state index contributed by atoms with van der Waals surface area (Å²) < 4.78 is 5.91. The summed E-state index contributed by atoms with van der Waals surface area (Å²) >= 11 is 3.24. The molecule has 1 fully saturated rings. The lowest BCUT2D eigenvalue weighted by atomic mass is 10.1. The Hall–Kier alpha value is -0.940. The van der Waals surface area contributed by atoms with Crippen molar-refractivity contribution in [3.63, 3.8) is 0 Å². The Balaban J connectivity index is 1.97. The molecule has 2 rings (SSSR count). The third kappa shape index (κ3) is 3.02. The van der Waals surface area contributed by atoms with Crippen LogP contribution in [0.5, 0.6) is 0 Å². The van der Waals surface area contributed by atoms with Crippen molar-refractivity contribution in [2.75, 3.05) is 13.2 Å². The Morgan fingerprint density at radius 2 is 2.25 bits per heavy atom. The van der Waals surface area contributed by atoms with E-state index >= 15 is 0 Å². The minimum absolute atomic E-state index is 0.0463. The van der Waals surface area contributed by atoms with Gasteiger partial charge in [0.05, 0.1) is 0 Å². The zero-order valence-corrected chi connectivity index (χ0v) is 10.4. The topological polar surface area (TPSA) is 51.2 Å². The lowest BCUT2D eigenvalue weighted by molar-refractivity contribution is 0.0696. The van der Waals surface area contributed by atoms with Crippen LogP contribution in [0.4, 0.5) is 0 Å². The van der Waals surface area contributed by atoms with Crippen LogP contribution in [-0.4, -0.2) is 30.1 Å². The lowest BCUT2D eigenvalue weighted by Crippen LogP contribution is -2.38. The van der Waals surface area contributed by atoms with Gasteiger partial charge in [-0.05, 0) is 40.9 Å². The van der Waals surface area contributed by atoms with Crippen molar-refractivity contribution in [2.24, 2.45) is 0 Å². The number of pyridine rings is 1. The molecule has 16 heavy (non-hydrogen) atoms. The van der Waals surface area contributed by atoms with Crippen LogP contribution >= 0.6 is 15.9 Å². The van der Waals surface area contributed by atoms with E-state index in [1.807, 2.05) is 0 Å². The first-order chi connectivity index (χ1) is 7.75. The molecule has 5 heteroatoms. The molecule has 1 aromatic rings. The van der Waals surface area contributed by atoms with Crippen LogP contribution in [0, 0.1) is 0 Å². The van der Waals surface area contributed by atoms with E-state index < -0.39 is 0 Å². The number of hydrogen-bond donors (Lipinski definition) is 1. The Kier molecular flexibility index (Phi) is 3.90. The molecule has 0 bridgehead atoms. The first kappa shape index (κ1) is 11.5. The molecule has 0 aromatic carbocycles. The molecule has 4 nitrogen and oxygen atoms in total. The number of carbonyl (C=O) groups is 1. The van der Waals surface area contributed by atoms with Gasteiger partial charge in [-0.1, -0.05) is 0 Å². The predicted octanol–water partition coefficient (Wildman–Crippen LogP) is 1.75. The second kappa shape index (κ2) is 5.41. The van der Waals surface area contributed by atoms with E-state index in [4.69, 9.17) is 4.74 Å². The molecule has 1 N–H and O–H groups in total. The van der Waals surface area contributed by atoms with Gasteiger partial charge in [-0.25, -0.2) is 4.98 Å². The van der Waals surface area contributed by atoms with Gasteiger partial charge >= 0.3 is 0 Å². The smallest absolute Gasteiger partial charge is 0.251 e. The number of carbonyl (C=O) groups excluding carboxylic acids is 1. The van der Waals surface area contributed by atoms with E-state index in [1.54, 1.807) is 18.3 Å². The van der Waals surface area contributed by atoms with Crippen molar-refractivity contribution in [3.05, 3.63) is 28.5 Å². The van der Waals surface area contributed by atoms with Gasteiger partial charge in [0.2, 0.25) is 0 Å². The van der Waals surface area contributed by atoms with Gasteiger partial charge < -0.3 is 10.1 Å². The summed E-state index contributed by atoms with van der Waals surface area (Å²) in [6.45, 7) is 1.45. The number of aromatic nitrogens is 1. The van der Waals surface area contributed by atoms with Gasteiger partial charge in [0.1, 0.15) is 4.60 Å². The van der Waals surface area contributed by atoms with E-state index in [9.17, 15) is 4.79 Å². The van der Waals surface area contributed by atoms with Crippen LogP contribution in [-0.2, 0) is 4.74 Å². The normalized spacial score (nSPS) is 17.1. The Bertz CT molecular complexity index is 378. The fraction of sp³-hybridized carbons (Fsp3) is 0.455. The molecule has 0 spiro atoms. The van der Waals surface area contributed by atoms with E-state index in [0.29, 0.717) is 10.2 Å². The maximum Gasteiger partial charge on any atom is 0.251 e. The number of amides is 1. The molecule has 0 saturated carbocycles. The number of ether oxygens (including phenoxy) is 1. The zero-order chi connectivity index (χ0) is 11.4. The summed E-state index contributed by atoms with van der Waals surface area (Å²) in [7, 11) is 0. The summed E-state index contributed by atoms with van der Waals surface area (Å²) in [5, 5.41) is 2.99. The molecule has 0 radical (unpaired) electrons. The molecule has 1 aliphatic rings. The molecule has 1 aromatic heterocycles. The van der Waals surface area contributed by atoms with E-state index in [1.165, 1.54) is 0 Å². The number of hydrogen-bond acceptors (Lipinski definition) is 3. The fourth-order valence-electron chi connectivity index (χ4n) is 1.65. The van der Waals surface area contributed by atoms with Crippen LogP contribution in [0.15, 0.2) is 22.9 Å². The monoisotopic (exact) mass is 284 g/mol. The first-order valence-corrected chi connectivity index (χ1v) is 6.05. The molecule has 1 amide bonds. The molecule has 0 aliphatic carbocycles. The number of nitrogens with one attached hydrogen (secondary N) is 1. The second-order valence-electron chi connectivity index (χ2n) is 3.73. The van der Waals surface area contributed by atoms with Gasteiger partial charge in [-0.3, -0.25) is 4.79 Å². The summed E-state index contributed by atoms with van der Waals surface area (Å²) in [6.07, 6.45) is 3.39.